The molecule has 0 aromatic carbocycles. The number of hydrogen-bond acceptors (Lipinski definition) is 5. The van der Waals surface area contributed by atoms with Crippen LogP contribution in [0, 0.1) is 0 Å². The Bertz CT molecular complexity index is 217. The van der Waals surface area contributed by atoms with Crippen molar-refractivity contribution in [3.8, 4) is 0 Å². The summed E-state index contributed by atoms with van der Waals surface area (Å²) in [6, 6.07) is 0. The second-order valence-electron chi connectivity index (χ2n) is 3.94. The summed E-state index contributed by atoms with van der Waals surface area (Å²) in [7, 11) is -2.65. The summed E-state index contributed by atoms with van der Waals surface area (Å²) in [4.78, 5) is 10.7. The monoisotopic (exact) mass is 268 g/mol. The molecule has 0 heterocycles. The van der Waals surface area contributed by atoms with Gasteiger partial charge in [0.25, 0.3) is 0 Å². The third-order valence-electron chi connectivity index (χ3n) is 2.90. The fraction of sp³-hybridized carbons (Fsp3) is 1.00. The van der Waals surface area contributed by atoms with Crippen LogP contribution in [0.4, 0.5) is 0 Å². The average Bonchev–Trinajstić information content (AvgIpc) is 2.28. The zero-order valence-corrected chi connectivity index (χ0v) is 11.4. The first kappa shape index (κ1) is 16.9. The summed E-state index contributed by atoms with van der Waals surface area (Å²) >= 11 is 0. The van der Waals surface area contributed by atoms with Crippen LogP contribution in [0.25, 0.3) is 0 Å². The molecule has 0 aliphatic heterocycles. The molecule has 0 rings (SSSR count). The van der Waals surface area contributed by atoms with Gasteiger partial charge >= 0.3 is 8.25 Å². The van der Waals surface area contributed by atoms with Crippen LogP contribution in [-0.2, 0) is 9.09 Å². The van der Waals surface area contributed by atoms with Gasteiger partial charge in [-0.1, -0.05) is 13.8 Å². The van der Waals surface area contributed by atoms with E-state index in [0.717, 1.165) is 0 Å². The topological polar surface area (TPSA) is 90.2 Å². The van der Waals surface area contributed by atoms with Crippen molar-refractivity contribution >= 4 is 8.25 Å². The van der Waals surface area contributed by atoms with Crippen LogP contribution in [0.1, 0.15) is 26.7 Å². The van der Waals surface area contributed by atoms with E-state index in [1.165, 1.54) is 0 Å². The first-order valence-electron chi connectivity index (χ1n) is 5.83. The molecule has 3 N–H and O–H groups in total. The van der Waals surface area contributed by atoms with Crippen LogP contribution in [0.5, 0.6) is 0 Å². The number of aliphatic hydroxyl groups is 2. The van der Waals surface area contributed by atoms with Gasteiger partial charge in [-0.15, -0.1) is 9.42 Å². The maximum Gasteiger partial charge on any atom is 0.695 e. The lowest BCUT2D eigenvalue weighted by Gasteiger charge is -2.31. The van der Waals surface area contributed by atoms with Crippen LogP contribution in [0.2, 0.25) is 0 Å². The van der Waals surface area contributed by atoms with Gasteiger partial charge in [-0.2, -0.15) is 0 Å². The van der Waals surface area contributed by atoms with E-state index in [4.69, 9.17) is 19.6 Å². The second kappa shape index (κ2) is 8.91. The zero-order valence-electron chi connectivity index (χ0n) is 10.5. The summed E-state index contributed by atoms with van der Waals surface area (Å²) in [5, 5.41) is 17.8. The Kier molecular flexibility index (Phi) is 8.86. The Morgan fingerprint density at radius 2 is 1.65 bits per heavy atom. The van der Waals surface area contributed by atoms with E-state index < -0.39 is 13.9 Å². The third-order valence-corrected chi connectivity index (χ3v) is 3.45. The van der Waals surface area contributed by atoms with Gasteiger partial charge in [-0.3, -0.25) is 4.90 Å². The molecule has 0 amide bonds. The van der Waals surface area contributed by atoms with Crippen molar-refractivity contribution in [1.82, 2.24) is 4.90 Å². The molecule has 0 radical (unpaired) electrons. The minimum atomic E-state index is -2.65. The SMILES string of the molecule is CCC(CC)(CN(CCO)CCO)O[P+](=O)O. The molecule has 0 bridgehead atoms. The molecule has 17 heavy (non-hydrogen) atoms. The molecule has 1 unspecified atom stereocenters. The highest BCUT2D eigenvalue weighted by molar-refractivity contribution is 7.32. The zero-order chi connectivity index (χ0) is 13.3. The molecule has 6 nitrogen and oxygen atoms in total. The minimum Gasteiger partial charge on any atom is -0.395 e. The standard InChI is InChI=1S/C10H22NO5P/c1-3-10(4-2,16-17(14)15)9-11(5-7-12)6-8-13/h12-13H,3-9H2,1-2H3/p+1. The van der Waals surface area contributed by atoms with E-state index >= 15 is 0 Å². The first-order chi connectivity index (χ1) is 8.03. The Balaban J connectivity index is 4.61. The molecule has 0 aliphatic carbocycles. The Morgan fingerprint density at radius 3 is 1.94 bits per heavy atom. The molecule has 1 atom stereocenters. The number of rotatable bonds is 10. The molecule has 0 saturated heterocycles. The molecule has 0 saturated carbocycles. The second-order valence-corrected chi connectivity index (χ2v) is 4.60. The number of nitrogens with zero attached hydrogens (tertiary/aromatic N) is 1. The lowest BCUT2D eigenvalue weighted by Crippen LogP contribution is -2.45. The van der Waals surface area contributed by atoms with Crippen molar-refractivity contribution in [2.24, 2.45) is 0 Å². The lowest BCUT2D eigenvalue weighted by molar-refractivity contribution is 0.00962. The van der Waals surface area contributed by atoms with Gasteiger partial charge in [0.05, 0.1) is 13.2 Å². The van der Waals surface area contributed by atoms with Crippen molar-refractivity contribution < 1.29 is 24.2 Å². The summed E-state index contributed by atoms with van der Waals surface area (Å²) in [5.41, 5.74) is -0.702. The van der Waals surface area contributed by atoms with Crippen molar-refractivity contribution in [2.75, 3.05) is 32.8 Å². The van der Waals surface area contributed by atoms with Gasteiger partial charge in [0.1, 0.15) is 5.60 Å². The quantitative estimate of drug-likeness (QED) is 0.500. The minimum absolute atomic E-state index is 0.0191. The molecule has 0 aromatic heterocycles. The maximum atomic E-state index is 10.8. The molecule has 102 valence electrons. The highest BCUT2D eigenvalue weighted by atomic mass is 31.1. The van der Waals surface area contributed by atoms with Crippen LogP contribution in [0.3, 0.4) is 0 Å². The van der Waals surface area contributed by atoms with E-state index in [2.05, 4.69) is 0 Å². The van der Waals surface area contributed by atoms with Gasteiger partial charge in [0.15, 0.2) is 0 Å². The normalized spacial score (nSPS) is 13.2. The summed E-state index contributed by atoms with van der Waals surface area (Å²) in [5.74, 6) is 0. The Hall–Kier alpha value is -0.100. The van der Waals surface area contributed by atoms with Crippen LogP contribution in [-0.4, -0.2) is 58.5 Å². The van der Waals surface area contributed by atoms with Gasteiger partial charge in [-0.25, -0.2) is 0 Å². The predicted octanol–water partition coefficient (Wildman–Crippen LogP) is 0.498. The highest BCUT2D eigenvalue weighted by Gasteiger charge is 2.38. The van der Waals surface area contributed by atoms with Gasteiger partial charge < -0.3 is 10.2 Å². The third kappa shape index (κ3) is 6.41. The lowest BCUT2D eigenvalue weighted by atomic mass is 9.97. The van der Waals surface area contributed by atoms with Crippen LogP contribution in [0.15, 0.2) is 0 Å². The fourth-order valence-corrected chi connectivity index (χ4v) is 2.40. The summed E-state index contributed by atoms with van der Waals surface area (Å²) in [6.07, 6.45) is 1.19. The van der Waals surface area contributed by atoms with Crippen LogP contribution < -0.4 is 0 Å². The summed E-state index contributed by atoms with van der Waals surface area (Å²) in [6.45, 7) is 4.98. The molecule has 0 fully saturated rings. The predicted molar refractivity (Wildman–Crippen MR) is 64.8 cm³/mol. The van der Waals surface area contributed by atoms with Crippen molar-refractivity contribution in [1.29, 1.82) is 0 Å². The Labute approximate surface area is 103 Å². The molecule has 0 aliphatic rings. The fourth-order valence-electron chi connectivity index (χ4n) is 1.76. The maximum absolute atomic E-state index is 10.8. The molecule has 0 aromatic rings. The van der Waals surface area contributed by atoms with Gasteiger partial charge in [0.2, 0.25) is 0 Å². The first-order valence-corrected chi connectivity index (χ1v) is 6.96. The highest BCUT2D eigenvalue weighted by Crippen LogP contribution is 2.32. The van der Waals surface area contributed by atoms with Gasteiger partial charge in [0, 0.05) is 24.2 Å². The van der Waals surface area contributed by atoms with Crippen molar-refractivity contribution in [3.63, 3.8) is 0 Å². The molecule has 0 spiro atoms. The van der Waals surface area contributed by atoms with Crippen molar-refractivity contribution in [2.45, 2.75) is 32.3 Å². The molecular formula is C10H23NO5P+. The molecular weight excluding hydrogens is 245 g/mol. The van der Waals surface area contributed by atoms with E-state index in [1.54, 1.807) is 0 Å². The van der Waals surface area contributed by atoms with Gasteiger partial charge in [-0.05, 0) is 12.8 Å². The number of hydrogen-bond donors (Lipinski definition) is 3. The van der Waals surface area contributed by atoms with E-state index in [-0.39, 0.29) is 13.2 Å². The van der Waals surface area contributed by atoms with E-state index in [9.17, 15) is 4.57 Å². The largest absolute Gasteiger partial charge is 0.695 e. The molecule has 7 heteroatoms. The number of aliphatic hydroxyl groups excluding tert-OH is 2. The van der Waals surface area contributed by atoms with Crippen LogP contribution >= 0.6 is 8.25 Å². The summed E-state index contributed by atoms with van der Waals surface area (Å²) < 4.78 is 16.0. The Morgan fingerprint density at radius 1 is 1.18 bits per heavy atom. The van der Waals surface area contributed by atoms with Crippen molar-refractivity contribution in [3.05, 3.63) is 0 Å². The smallest absolute Gasteiger partial charge is 0.395 e. The van der Waals surface area contributed by atoms with E-state index in [1.807, 2.05) is 18.7 Å². The van der Waals surface area contributed by atoms with E-state index in [0.29, 0.717) is 32.5 Å². The average molecular weight is 268 g/mol.